The third-order valence-corrected chi connectivity index (χ3v) is 3.92. The minimum atomic E-state index is 1.26. The highest BCUT2D eigenvalue weighted by Crippen LogP contribution is 2.38. The van der Waals surface area contributed by atoms with Gasteiger partial charge in [-0.25, -0.2) is 0 Å². The lowest BCUT2D eigenvalue weighted by atomic mass is 9.95. The van der Waals surface area contributed by atoms with E-state index < -0.39 is 0 Å². The maximum absolute atomic E-state index is 4.12. The number of rotatable bonds is 2. The largest absolute Gasteiger partial charge is 0.0958 e. The second-order valence-electron chi connectivity index (χ2n) is 5.03. The predicted octanol–water partition coefficient (Wildman–Crippen LogP) is 4.93. The quantitative estimate of drug-likeness (QED) is 0.595. The summed E-state index contributed by atoms with van der Waals surface area (Å²) in [6, 6.07) is 0. The lowest BCUT2D eigenvalue weighted by Gasteiger charge is -2.11. The summed E-state index contributed by atoms with van der Waals surface area (Å²) >= 11 is 0. The molecule has 2 aliphatic carbocycles. The van der Waals surface area contributed by atoms with Crippen LogP contribution in [0, 0.1) is 0 Å². The molecule has 2 rings (SSSR count). The van der Waals surface area contributed by atoms with Gasteiger partial charge in [0, 0.05) is 0 Å². The molecule has 0 heterocycles. The zero-order valence-electron chi connectivity index (χ0n) is 10.2. The highest BCUT2D eigenvalue weighted by Gasteiger charge is 2.19. The van der Waals surface area contributed by atoms with Gasteiger partial charge in [-0.3, -0.25) is 0 Å². The van der Waals surface area contributed by atoms with E-state index in [0.29, 0.717) is 0 Å². The van der Waals surface area contributed by atoms with Gasteiger partial charge < -0.3 is 0 Å². The Labute approximate surface area is 93.8 Å². The van der Waals surface area contributed by atoms with Crippen LogP contribution < -0.4 is 0 Å². The van der Waals surface area contributed by atoms with Crippen LogP contribution in [0.25, 0.3) is 0 Å². The topological polar surface area (TPSA) is 0 Å². The van der Waals surface area contributed by atoms with Crippen LogP contribution in [0.5, 0.6) is 0 Å². The highest BCUT2D eigenvalue weighted by atomic mass is 14.2. The standard InChI is InChI=1S/C15H22/c1-11(2)14-9-6-10-15(14)12(3)13-7-4-5-8-13/h1,4-10H2,2-3H3. The van der Waals surface area contributed by atoms with E-state index in [1.54, 1.807) is 22.3 Å². The smallest absolute Gasteiger partial charge is 0.0270 e. The van der Waals surface area contributed by atoms with Gasteiger partial charge in [-0.1, -0.05) is 17.7 Å². The van der Waals surface area contributed by atoms with Crippen molar-refractivity contribution in [2.24, 2.45) is 0 Å². The van der Waals surface area contributed by atoms with E-state index in [2.05, 4.69) is 20.4 Å². The molecule has 0 aromatic carbocycles. The fourth-order valence-electron chi connectivity index (χ4n) is 3.02. The van der Waals surface area contributed by atoms with Crippen LogP contribution in [0.4, 0.5) is 0 Å². The van der Waals surface area contributed by atoms with Crippen LogP contribution in [0.1, 0.15) is 58.8 Å². The molecule has 0 bridgehead atoms. The summed E-state index contributed by atoms with van der Waals surface area (Å²) in [6.07, 6.45) is 9.39. The number of hydrogen-bond acceptors (Lipinski definition) is 0. The summed E-state index contributed by atoms with van der Waals surface area (Å²) in [5, 5.41) is 0. The van der Waals surface area contributed by atoms with Gasteiger partial charge in [-0.2, -0.15) is 0 Å². The molecular weight excluding hydrogens is 180 g/mol. The van der Waals surface area contributed by atoms with Crippen LogP contribution in [0.2, 0.25) is 0 Å². The molecule has 0 unspecified atom stereocenters. The molecule has 0 atom stereocenters. The van der Waals surface area contributed by atoms with Gasteiger partial charge in [0.1, 0.15) is 0 Å². The third kappa shape index (κ3) is 2.09. The molecule has 0 nitrogen and oxygen atoms in total. The molecule has 0 radical (unpaired) electrons. The number of allylic oxidation sites excluding steroid dienone is 5. The Bertz CT molecular complexity index is 331. The van der Waals surface area contributed by atoms with Gasteiger partial charge in [0.15, 0.2) is 0 Å². The SMILES string of the molecule is C=C(C)C1=C(C(C)=C2CCCC2)CCC1. The summed E-state index contributed by atoms with van der Waals surface area (Å²) in [6.45, 7) is 8.61. The van der Waals surface area contributed by atoms with Crippen molar-refractivity contribution in [2.75, 3.05) is 0 Å². The average Bonchev–Trinajstić information content (AvgIpc) is 2.88. The molecule has 15 heavy (non-hydrogen) atoms. The molecular formula is C15H22. The van der Waals surface area contributed by atoms with Crippen molar-refractivity contribution in [3.05, 3.63) is 34.4 Å². The Morgan fingerprint density at radius 3 is 2.07 bits per heavy atom. The molecule has 0 amide bonds. The first-order valence-corrected chi connectivity index (χ1v) is 6.27. The molecule has 82 valence electrons. The zero-order chi connectivity index (χ0) is 10.8. The molecule has 0 N–H and O–H groups in total. The van der Waals surface area contributed by atoms with Gasteiger partial charge in [-0.05, 0) is 75.5 Å². The first-order valence-electron chi connectivity index (χ1n) is 6.27. The van der Waals surface area contributed by atoms with Crippen LogP contribution in [0.15, 0.2) is 34.4 Å². The van der Waals surface area contributed by atoms with Crippen molar-refractivity contribution in [3.8, 4) is 0 Å². The third-order valence-electron chi connectivity index (χ3n) is 3.92. The van der Waals surface area contributed by atoms with Crippen LogP contribution in [-0.4, -0.2) is 0 Å². The van der Waals surface area contributed by atoms with Crippen molar-refractivity contribution >= 4 is 0 Å². The van der Waals surface area contributed by atoms with Crippen molar-refractivity contribution < 1.29 is 0 Å². The van der Waals surface area contributed by atoms with Crippen molar-refractivity contribution in [2.45, 2.75) is 58.8 Å². The number of hydrogen-bond donors (Lipinski definition) is 0. The van der Waals surface area contributed by atoms with Crippen LogP contribution in [0.3, 0.4) is 0 Å². The summed E-state index contributed by atoms with van der Waals surface area (Å²) in [7, 11) is 0. The molecule has 1 fully saturated rings. The van der Waals surface area contributed by atoms with E-state index in [1.807, 2.05) is 0 Å². The lowest BCUT2D eigenvalue weighted by molar-refractivity contribution is 0.886. The molecule has 2 aliphatic rings. The summed E-state index contributed by atoms with van der Waals surface area (Å²) < 4.78 is 0. The van der Waals surface area contributed by atoms with Crippen molar-refractivity contribution in [3.63, 3.8) is 0 Å². The van der Waals surface area contributed by atoms with E-state index in [0.717, 1.165) is 0 Å². The van der Waals surface area contributed by atoms with Gasteiger partial charge in [0.2, 0.25) is 0 Å². The average molecular weight is 202 g/mol. The van der Waals surface area contributed by atoms with E-state index in [1.165, 1.54) is 50.5 Å². The second-order valence-corrected chi connectivity index (χ2v) is 5.03. The summed E-state index contributed by atoms with van der Waals surface area (Å²) in [5.74, 6) is 0. The van der Waals surface area contributed by atoms with E-state index in [9.17, 15) is 0 Å². The van der Waals surface area contributed by atoms with Crippen molar-refractivity contribution in [1.29, 1.82) is 0 Å². The Hall–Kier alpha value is -0.780. The molecule has 0 heteroatoms. The Kier molecular flexibility index (Phi) is 3.14. The van der Waals surface area contributed by atoms with Gasteiger partial charge >= 0.3 is 0 Å². The van der Waals surface area contributed by atoms with Gasteiger partial charge in [0.05, 0.1) is 0 Å². The van der Waals surface area contributed by atoms with Gasteiger partial charge in [-0.15, -0.1) is 0 Å². The first kappa shape index (κ1) is 10.7. The van der Waals surface area contributed by atoms with Gasteiger partial charge in [0.25, 0.3) is 0 Å². The predicted molar refractivity (Wildman–Crippen MR) is 66.9 cm³/mol. The molecule has 0 aromatic heterocycles. The maximum atomic E-state index is 4.12. The molecule has 0 spiro atoms. The lowest BCUT2D eigenvalue weighted by Crippen LogP contribution is -1.91. The maximum Gasteiger partial charge on any atom is -0.0270 e. The molecule has 0 saturated heterocycles. The monoisotopic (exact) mass is 202 g/mol. The Morgan fingerprint density at radius 1 is 0.867 bits per heavy atom. The van der Waals surface area contributed by atoms with E-state index >= 15 is 0 Å². The molecule has 1 saturated carbocycles. The summed E-state index contributed by atoms with van der Waals surface area (Å²) in [5.41, 5.74) is 7.83. The van der Waals surface area contributed by atoms with E-state index in [4.69, 9.17) is 0 Å². The van der Waals surface area contributed by atoms with Crippen molar-refractivity contribution in [1.82, 2.24) is 0 Å². The minimum Gasteiger partial charge on any atom is -0.0958 e. The summed E-state index contributed by atoms with van der Waals surface area (Å²) in [4.78, 5) is 0. The molecule has 0 aromatic rings. The normalized spacial score (nSPS) is 21.3. The van der Waals surface area contributed by atoms with Crippen LogP contribution in [-0.2, 0) is 0 Å². The fraction of sp³-hybridized carbons (Fsp3) is 0.600. The Balaban J connectivity index is 2.32. The van der Waals surface area contributed by atoms with Crippen LogP contribution >= 0.6 is 0 Å². The van der Waals surface area contributed by atoms with E-state index in [-0.39, 0.29) is 0 Å². The highest BCUT2D eigenvalue weighted by molar-refractivity contribution is 5.47. The molecule has 0 aliphatic heterocycles. The zero-order valence-corrected chi connectivity index (χ0v) is 10.2. The second kappa shape index (κ2) is 4.38. The fourth-order valence-corrected chi connectivity index (χ4v) is 3.02. The minimum absolute atomic E-state index is 1.26. The Morgan fingerprint density at radius 2 is 1.47 bits per heavy atom. The first-order chi connectivity index (χ1) is 7.20.